The van der Waals surface area contributed by atoms with Crippen LogP contribution >= 0.6 is 0 Å². The fourth-order valence-corrected chi connectivity index (χ4v) is 4.84. The Morgan fingerprint density at radius 3 is 2.38 bits per heavy atom. The molecule has 0 unspecified atom stereocenters. The topological polar surface area (TPSA) is 87.2 Å². The summed E-state index contributed by atoms with van der Waals surface area (Å²) in [4.78, 5) is 12.7. The molecular weight excluding hydrogens is 573 g/mol. The lowest BCUT2D eigenvalue weighted by Crippen LogP contribution is -2.16. The van der Waals surface area contributed by atoms with Crippen LogP contribution in [0.3, 0.4) is 0 Å². The lowest BCUT2D eigenvalue weighted by atomic mass is 10.1. The van der Waals surface area contributed by atoms with Gasteiger partial charge in [0.1, 0.15) is 30.5 Å². The first-order chi connectivity index (χ1) is 21.8. The summed E-state index contributed by atoms with van der Waals surface area (Å²) < 4.78 is 38.6. The molecule has 0 bridgehead atoms. The molecule has 9 heteroatoms. The van der Waals surface area contributed by atoms with Crippen LogP contribution in [0.15, 0.2) is 107 Å². The molecule has 0 aliphatic heterocycles. The van der Waals surface area contributed by atoms with Crippen LogP contribution < -0.4 is 19.6 Å². The lowest BCUT2D eigenvalue weighted by molar-refractivity contribution is 0.0923. The first kappa shape index (κ1) is 30.9. The molecule has 5 rings (SSSR count). The number of allylic oxidation sites excluding steroid dienone is 1. The number of aryl methyl sites for hydroxylation is 2. The third-order valence-corrected chi connectivity index (χ3v) is 7.05. The molecule has 0 aliphatic carbocycles. The maximum Gasteiger partial charge on any atom is 0.307 e. The maximum atomic E-state index is 13.3. The van der Waals surface area contributed by atoms with Crippen LogP contribution in [0.2, 0.25) is 0 Å². The standard InChI is InChI=1S/C36H34FN3O5/c1-5-6-28-19-27(20-34(42-4)35(28)44-22-26-9-11-29(37)12-10-26)21-38-39-36(41)33-18-17-32(45-33)23-43-31-15-13-30(14-16-31)40-24(2)7-8-25(40)3/h5,7-21H,1,6,22-23H2,2-4H3,(H,39,41)/b38-21+. The number of carbonyl (C=O) groups is 1. The van der Waals surface area contributed by atoms with Gasteiger partial charge in [0, 0.05) is 22.6 Å². The average molecular weight is 608 g/mol. The highest BCUT2D eigenvalue weighted by Crippen LogP contribution is 2.34. The summed E-state index contributed by atoms with van der Waals surface area (Å²) >= 11 is 0. The molecule has 0 saturated heterocycles. The van der Waals surface area contributed by atoms with Gasteiger partial charge in [-0.25, -0.2) is 9.82 Å². The van der Waals surface area contributed by atoms with E-state index in [4.69, 9.17) is 18.6 Å². The third-order valence-electron chi connectivity index (χ3n) is 7.05. The van der Waals surface area contributed by atoms with E-state index < -0.39 is 5.91 Å². The van der Waals surface area contributed by atoms with E-state index in [-0.39, 0.29) is 24.8 Å². The summed E-state index contributed by atoms with van der Waals surface area (Å²) in [5.41, 5.74) is 8.18. The van der Waals surface area contributed by atoms with E-state index in [0.717, 1.165) is 28.2 Å². The van der Waals surface area contributed by atoms with Gasteiger partial charge in [-0.05, 0) is 104 Å². The zero-order valence-electron chi connectivity index (χ0n) is 25.4. The van der Waals surface area contributed by atoms with Crippen LogP contribution in [0.5, 0.6) is 17.2 Å². The fourth-order valence-electron chi connectivity index (χ4n) is 4.84. The van der Waals surface area contributed by atoms with Crippen molar-refractivity contribution in [1.29, 1.82) is 0 Å². The Labute approximate surface area is 261 Å². The van der Waals surface area contributed by atoms with E-state index >= 15 is 0 Å². The van der Waals surface area contributed by atoms with Gasteiger partial charge in [-0.15, -0.1) is 6.58 Å². The summed E-state index contributed by atoms with van der Waals surface area (Å²) in [7, 11) is 1.54. The Morgan fingerprint density at radius 1 is 0.956 bits per heavy atom. The summed E-state index contributed by atoms with van der Waals surface area (Å²) in [6.45, 7) is 8.37. The number of benzene rings is 3. The minimum absolute atomic E-state index is 0.106. The number of nitrogens with zero attached hydrogens (tertiary/aromatic N) is 2. The van der Waals surface area contributed by atoms with Gasteiger partial charge in [0.05, 0.1) is 13.3 Å². The Morgan fingerprint density at radius 2 is 1.69 bits per heavy atom. The van der Waals surface area contributed by atoms with Crippen LogP contribution in [-0.4, -0.2) is 23.8 Å². The largest absolute Gasteiger partial charge is 0.493 e. The molecule has 45 heavy (non-hydrogen) atoms. The highest BCUT2D eigenvalue weighted by atomic mass is 19.1. The molecule has 0 spiro atoms. The van der Waals surface area contributed by atoms with E-state index in [0.29, 0.717) is 35.0 Å². The molecule has 2 heterocycles. The highest BCUT2D eigenvalue weighted by molar-refractivity contribution is 5.92. The van der Waals surface area contributed by atoms with Crippen LogP contribution in [0.25, 0.3) is 5.69 Å². The molecule has 0 fully saturated rings. The van der Waals surface area contributed by atoms with Gasteiger partial charge in [0.2, 0.25) is 0 Å². The summed E-state index contributed by atoms with van der Waals surface area (Å²) in [5, 5.41) is 4.09. The number of carbonyl (C=O) groups excluding carboxylic acids is 1. The molecule has 5 aromatic rings. The Balaban J connectivity index is 1.18. The molecular formula is C36H34FN3O5. The number of methoxy groups -OCH3 is 1. The van der Waals surface area contributed by atoms with E-state index in [1.165, 1.54) is 18.3 Å². The van der Waals surface area contributed by atoms with Crippen molar-refractivity contribution in [3.63, 3.8) is 0 Å². The molecule has 3 aromatic carbocycles. The number of hydrogen-bond acceptors (Lipinski definition) is 6. The van der Waals surface area contributed by atoms with E-state index in [2.05, 4.69) is 47.7 Å². The van der Waals surface area contributed by atoms with Gasteiger partial charge in [0.25, 0.3) is 0 Å². The van der Waals surface area contributed by atoms with Crippen molar-refractivity contribution in [3.8, 4) is 22.9 Å². The Hall–Kier alpha value is -5.57. The number of ether oxygens (including phenoxy) is 3. The SMILES string of the molecule is C=CCc1cc(/C=N/NC(=O)c2ccc(COc3ccc(-n4c(C)ccc4C)cc3)o2)cc(OC)c1OCc1ccc(F)cc1. The third kappa shape index (κ3) is 7.69. The van der Waals surface area contributed by atoms with Crippen molar-refractivity contribution in [2.45, 2.75) is 33.5 Å². The lowest BCUT2D eigenvalue weighted by Gasteiger charge is -2.16. The second-order valence-electron chi connectivity index (χ2n) is 10.3. The highest BCUT2D eigenvalue weighted by Gasteiger charge is 2.14. The summed E-state index contributed by atoms with van der Waals surface area (Å²) in [6, 6.07) is 25.0. The van der Waals surface area contributed by atoms with Crippen LogP contribution in [0.4, 0.5) is 4.39 Å². The molecule has 2 aromatic heterocycles. The first-order valence-corrected chi connectivity index (χ1v) is 14.3. The van der Waals surface area contributed by atoms with Gasteiger partial charge < -0.3 is 23.2 Å². The second-order valence-corrected chi connectivity index (χ2v) is 10.3. The van der Waals surface area contributed by atoms with Crippen molar-refractivity contribution in [3.05, 3.63) is 143 Å². The van der Waals surface area contributed by atoms with Crippen molar-refractivity contribution in [2.75, 3.05) is 7.11 Å². The molecule has 0 saturated carbocycles. The normalized spacial score (nSPS) is 11.0. The van der Waals surface area contributed by atoms with Gasteiger partial charge in [-0.3, -0.25) is 4.79 Å². The molecule has 0 radical (unpaired) electrons. The number of hydrazone groups is 1. The van der Waals surface area contributed by atoms with Crippen LogP contribution in [0.1, 0.15) is 44.4 Å². The van der Waals surface area contributed by atoms with Gasteiger partial charge in [-0.1, -0.05) is 18.2 Å². The molecule has 1 amide bonds. The first-order valence-electron chi connectivity index (χ1n) is 14.3. The van der Waals surface area contributed by atoms with E-state index in [1.807, 2.05) is 30.3 Å². The Bertz CT molecular complexity index is 1780. The molecule has 0 atom stereocenters. The quantitative estimate of drug-likeness (QED) is 0.0852. The maximum absolute atomic E-state index is 13.3. The van der Waals surface area contributed by atoms with Gasteiger partial charge in [0.15, 0.2) is 17.3 Å². The number of hydrogen-bond donors (Lipinski definition) is 1. The van der Waals surface area contributed by atoms with Crippen molar-refractivity contribution in [1.82, 2.24) is 9.99 Å². The molecule has 230 valence electrons. The predicted molar refractivity (Wildman–Crippen MR) is 171 cm³/mol. The zero-order valence-corrected chi connectivity index (χ0v) is 25.4. The van der Waals surface area contributed by atoms with Crippen molar-refractivity contribution < 1.29 is 27.8 Å². The Kier molecular flexibility index (Phi) is 9.79. The zero-order chi connectivity index (χ0) is 31.8. The van der Waals surface area contributed by atoms with Gasteiger partial charge in [-0.2, -0.15) is 5.10 Å². The summed E-state index contributed by atoms with van der Waals surface area (Å²) in [6.07, 6.45) is 3.77. The van der Waals surface area contributed by atoms with Crippen LogP contribution in [-0.2, 0) is 19.6 Å². The number of amides is 1. The predicted octanol–water partition coefficient (Wildman–Crippen LogP) is 7.49. The minimum atomic E-state index is -0.503. The number of nitrogens with one attached hydrogen (secondary N) is 1. The van der Waals surface area contributed by atoms with Crippen molar-refractivity contribution in [2.24, 2.45) is 5.10 Å². The minimum Gasteiger partial charge on any atom is -0.493 e. The van der Waals surface area contributed by atoms with E-state index in [1.54, 1.807) is 43.5 Å². The second kappa shape index (κ2) is 14.3. The number of halogens is 1. The van der Waals surface area contributed by atoms with Crippen molar-refractivity contribution >= 4 is 12.1 Å². The molecule has 0 aliphatic rings. The van der Waals surface area contributed by atoms with Gasteiger partial charge >= 0.3 is 5.91 Å². The number of aromatic nitrogens is 1. The summed E-state index contributed by atoms with van der Waals surface area (Å²) in [5.74, 6) is 1.52. The van der Waals surface area contributed by atoms with Crippen LogP contribution in [0, 0.1) is 19.7 Å². The van der Waals surface area contributed by atoms with E-state index in [9.17, 15) is 9.18 Å². The monoisotopic (exact) mass is 607 g/mol. The molecule has 1 N–H and O–H groups in total. The smallest absolute Gasteiger partial charge is 0.307 e. The average Bonchev–Trinajstić information content (AvgIpc) is 3.66. The number of rotatable bonds is 13. The fraction of sp³-hybridized carbons (Fsp3) is 0.167. The molecule has 8 nitrogen and oxygen atoms in total. The number of furan rings is 1.